The van der Waals surface area contributed by atoms with E-state index in [0.717, 1.165) is 21.5 Å². The Morgan fingerprint density at radius 3 is 2.43 bits per heavy atom. The number of nitrogens with one attached hydrogen (secondary N) is 1. The first-order chi connectivity index (χ1) is 13.4. The molecule has 1 fully saturated rings. The molecule has 2 aliphatic heterocycles. The van der Waals surface area contributed by atoms with E-state index in [4.69, 9.17) is 0 Å². The van der Waals surface area contributed by atoms with Crippen molar-refractivity contribution in [3.05, 3.63) is 58.8 Å². The minimum Gasteiger partial charge on any atom is -0.324 e. The van der Waals surface area contributed by atoms with Crippen molar-refractivity contribution in [2.75, 3.05) is 16.8 Å². The molecule has 0 aliphatic carbocycles. The molecule has 8 nitrogen and oxygen atoms in total. The first-order valence-electron chi connectivity index (χ1n) is 8.30. The Bertz CT molecular complexity index is 980. The zero-order valence-electron chi connectivity index (χ0n) is 14.3. The molecular formula is C18H13BrFN5O3. The van der Waals surface area contributed by atoms with Crippen LogP contribution in [0.5, 0.6) is 0 Å². The van der Waals surface area contributed by atoms with Gasteiger partial charge in [-0.15, -0.1) is 0 Å². The number of carbonyl (C=O) groups excluding carboxylic acids is 3. The monoisotopic (exact) mass is 445 g/mol. The minimum atomic E-state index is -1.02. The Labute approximate surface area is 167 Å². The standard InChI is InChI=1S/C18H13BrFN5O3/c19-10-1-5-12(6-2-10)21-14(26)9-24-16-15(22-23-24)17(27)25(18(16)28)13-7-3-11(20)4-8-13/h1-8,15-16H,9H2,(H,21,26)/t15-,16-/m0/s1. The van der Waals surface area contributed by atoms with E-state index in [9.17, 15) is 18.8 Å². The maximum absolute atomic E-state index is 13.1. The Hall–Kier alpha value is -3.14. The quantitative estimate of drug-likeness (QED) is 0.731. The molecule has 10 heteroatoms. The second kappa shape index (κ2) is 7.12. The third kappa shape index (κ3) is 3.26. The van der Waals surface area contributed by atoms with Crippen LogP contribution in [0.15, 0.2) is 63.3 Å². The summed E-state index contributed by atoms with van der Waals surface area (Å²) in [7, 11) is 0. The summed E-state index contributed by atoms with van der Waals surface area (Å²) in [5.74, 6) is -1.99. The average molecular weight is 446 g/mol. The second-order valence-corrected chi connectivity index (χ2v) is 7.15. The maximum Gasteiger partial charge on any atom is 0.263 e. The van der Waals surface area contributed by atoms with Crippen molar-refractivity contribution < 1.29 is 18.8 Å². The molecule has 1 saturated heterocycles. The SMILES string of the molecule is O=C(CN1N=N[C@@H]2C(=O)N(c3ccc(F)cc3)C(=O)[C@H]21)Nc1ccc(Br)cc1. The Kier molecular flexibility index (Phi) is 4.63. The lowest BCUT2D eigenvalue weighted by atomic mass is 10.1. The van der Waals surface area contributed by atoms with Crippen LogP contribution in [-0.2, 0) is 14.4 Å². The van der Waals surface area contributed by atoms with Crippen molar-refractivity contribution in [1.82, 2.24) is 5.01 Å². The van der Waals surface area contributed by atoms with Crippen molar-refractivity contribution >= 4 is 45.0 Å². The molecule has 2 atom stereocenters. The van der Waals surface area contributed by atoms with Gasteiger partial charge >= 0.3 is 0 Å². The Morgan fingerprint density at radius 2 is 1.75 bits per heavy atom. The fourth-order valence-corrected chi connectivity index (χ4v) is 3.34. The smallest absolute Gasteiger partial charge is 0.263 e. The van der Waals surface area contributed by atoms with Crippen molar-refractivity contribution in [1.29, 1.82) is 0 Å². The van der Waals surface area contributed by atoms with E-state index in [1.165, 1.54) is 17.1 Å². The van der Waals surface area contributed by atoms with Crippen LogP contribution in [0, 0.1) is 5.82 Å². The number of hydrogen-bond donors (Lipinski definition) is 1. The van der Waals surface area contributed by atoms with E-state index in [1.807, 2.05) is 0 Å². The number of benzene rings is 2. The van der Waals surface area contributed by atoms with Gasteiger partial charge in [-0.3, -0.25) is 19.4 Å². The fourth-order valence-electron chi connectivity index (χ4n) is 3.08. The molecule has 0 unspecified atom stereocenters. The maximum atomic E-state index is 13.1. The predicted molar refractivity (Wildman–Crippen MR) is 101 cm³/mol. The summed E-state index contributed by atoms with van der Waals surface area (Å²) in [5, 5.41) is 11.6. The molecule has 2 heterocycles. The summed E-state index contributed by atoms with van der Waals surface area (Å²) < 4.78 is 14.0. The van der Waals surface area contributed by atoms with Crippen molar-refractivity contribution in [3.63, 3.8) is 0 Å². The summed E-state index contributed by atoms with van der Waals surface area (Å²) in [5.41, 5.74) is 0.836. The van der Waals surface area contributed by atoms with Gasteiger partial charge in [0, 0.05) is 10.2 Å². The van der Waals surface area contributed by atoms with E-state index in [2.05, 4.69) is 31.6 Å². The third-order valence-electron chi connectivity index (χ3n) is 4.38. The zero-order chi connectivity index (χ0) is 19.8. The number of nitrogens with zero attached hydrogens (tertiary/aromatic N) is 4. The van der Waals surface area contributed by atoms with Crippen LogP contribution < -0.4 is 10.2 Å². The van der Waals surface area contributed by atoms with Gasteiger partial charge in [0.15, 0.2) is 12.1 Å². The highest BCUT2D eigenvalue weighted by Crippen LogP contribution is 2.31. The normalized spacial score (nSPS) is 20.6. The first-order valence-corrected chi connectivity index (χ1v) is 9.09. The van der Waals surface area contributed by atoms with E-state index < -0.39 is 35.6 Å². The molecule has 1 N–H and O–H groups in total. The molecule has 0 radical (unpaired) electrons. The van der Waals surface area contributed by atoms with Crippen molar-refractivity contribution in [2.45, 2.75) is 12.1 Å². The number of hydrogen-bond acceptors (Lipinski definition) is 6. The van der Waals surface area contributed by atoms with Crippen LogP contribution >= 0.6 is 15.9 Å². The Morgan fingerprint density at radius 1 is 1.07 bits per heavy atom. The Balaban J connectivity index is 1.48. The summed E-state index contributed by atoms with van der Waals surface area (Å²) in [6.45, 7) is -0.239. The topological polar surface area (TPSA) is 94.4 Å². The molecule has 142 valence electrons. The van der Waals surface area contributed by atoms with Gasteiger partial charge in [0.05, 0.1) is 5.69 Å². The highest BCUT2D eigenvalue weighted by molar-refractivity contribution is 9.10. The third-order valence-corrected chi connectivity index (χ3v) is 4.90. The van der Waals surface area contributed by atoms with Crippen LogP contribution in [0.2, 0.25) is 0 Å². The largest absolute Gasteiger partial charge is 0.324 e. The van der Waals surface area contributed by atoms with E-state index >= 15 is 0 Å². The predicted octanol–water partition coefficient (Wildman–Crippen LogP) is 2.52. The minimum absolute atomic E-state index is 0.239. The number of anilines is 2. The van der Waals surface area contributed by atoms with Gasteiger partial charge in [-0.05, 0) is 48.5 Å². The number of rotatable bonds is 4. The molecule has 0 bridgehead atoms. The highest BCUT2D eigenvalue weighted by atomic mass is 79.9. The lowest BCUT2D eigenvalue weighted by Crippen LogP contribution is -2.43. The molecule has 28 heavy (non-hydrogen) atoms. The number of carbonyl (C=O) groups is 3. The van der Waals surface area contributed by atoms with Crippen molar-refractivity contribution in [2.24, 2.45) is 10.3 Å². The highest BCUT2D eigenvalue weighted by Gasteiger charge is 2.55. The van der Waals surface area contributed by atoms with Gasteiger partial charge in [0.1, 0.15) is 12.4 Å². The molecule has 4 rings (SSSR count). The lowest BCUT2D eigenvalue weighted by molar-refractivity contribution is -0.123. The van der Waals surface area contributed by atoms with E-state index in [0.29, 0.717) is 5.69 Å². The molecule has 3 amide bonds. The molecule has 0 spiro atoms. The summed E-state index contributed by atoms with van der Waals surface area (Å²) in [6.07, 6.45) is 0. The molecule has 0 aromatic heterocycles. The summed E-state index contributed by atoms with van der Waals surface area (Å²) >= 11 is 3.31. The van der Waals surface area contributed by atoms with E-state index in [-0.39, 0.29) is 12.2 Å². The van der Waals surface area contributed by atoms with Gasteiger partial charge in [0.25, 0.3) is 11.8 Å². The fraction of sp³-hybridized carbons (Fsp3) is 0.167. The zero-order valence-corrected chi connectivity index (χ0v) is 15.8. The molecule has 2 aromatic carbocycles. The molecule has 0 saturated carbocycles. The van der Waals surface area contributed by atoms with Crippen molar-refractivity contribution in [3.8, 4) is 0 Å². The van der Waals surface area contributed by atoms with Crippen LogP contribution in [0.3, 0.4) is 0 Å². The molecule has 2 aliphatic rings. The van der Waals surface area contributed by atoms with Gasteiger partial charge in [-0.2, -0.15) is 5.11 Å². The van der Waals surface area contributed by atoms with Gasteiger partial charge in [-0.1, -0.05) is 21.2 Å². The van der Waals surface area contributed by atoms with Crippen LogP contribution in [-0.4, -0.2) is 41.4 Å². The molecule has 2 aromatic rings. The number of fused-ring (bicyclic) bond motifs is 1. The summed E-state index contributed by atoms with van der Waals surface area (Å²) in [4.78, 5) is 38.6. The lowest BCUT2D eigenvalue weighted by Gasteiger charge is -2.20. The molecular weight excluding hydrogens is 433 g/mol. The number of imide groups is 1. The van der Waals surface area contributed by atoms with Crippen LogP contribution in [0.25, 0.3) is 0 Å². The average Bonchev–Trinajstić information content (AvgIpc) is 3.18. The van der Waals surface area contributed by atoms with Crippen LogP contribution in [0.4, 0.5) is 15.8 Å². The van der Waals surface area contributed by atoms with E-state index in [1.54, 1.807) is 24.3 Å². The summed E-state index contributed by atoms with van der Waals surface area (Å²) in [6, 6.07) is 9.99. The van der Waals surface area contributed by atoms with Gasteiger partial charge in [-0.25, -0.2) is 9.29 Å². The van der Waals surface area contributed by atoms with Gasteiger partial charge in [0.2, 0.25) is 5.91 Å². The van der Waals surface area contributed by atoms with Crippen LogP contribution in [0.1, 0.15) is 0 Å². The second-order valence-electron chi connectivity index (χ2n) is 6.24. The number of amides is 3. The first kappa shape index (κ1) is 18.2. The number of halogens is 2. The van der Waals surface area contributed by atoms with Gasteiger partial charge < -0.3 is 5.32 Å².